The lowest BCUT2D eigenvalue weighted by molar-refractivity contribution is -0.185. The van der Waals surface area contributed by atoms with Crippen LogP contribution in [-0.4, -0.2) is 23.9 Å². The number of halogens is 2. The molecule has 0 radical (unpaired) electrons. The Labute approximate surface area is 284 Å². The standard InChI is InChI=1S/C36H32Br2O8/c1-36(34(41)45-23-25-8-4-2-5-9-25,35(42)46-24-26-10-6-3-7-11-26)31(33(40)44-22-28-14-18-30(38)19-15-28)20-32(39)43-21-27-12-16-29(37)17-13-27/h2-19,31H,20-24H2,1H3. The fourth-order valence-electron chi connectivity index (χ4n) is 4.44. The zero-order valence-corrected chi connectivity index (χ0v) is 28.2. The second-order valence-corrected chi connectivity index (χ2v) is 12.4. The summed E-state index contributed by atoms with van der Waals surface area (Å²) in [4.78, 5) is 54.7. The second-order valence-electron chi connectivity index (χ2n) is 10.6. The van der Waals surface area contributed by atoms with Crippen LogP contribution in [0.1, 0.15) is 35.6 Å². The minimum Gasteiger partial charge on any atom is -0.461 e. The van der Waals surface area contributed by atoms with E-state index in [1.807, 2.05) is 12.1 Å². The lowest BCUT2D eigenvalue weighted by Crippen LogP contribution is -2.49. The molecule has 1 atom stereocenters. The van der Waals surface area contributed by atoms with Crippen LogP contribution in [0.3, 0.4) is 0 Å². The fourth-order valence-corrected chi connectivity index (χ4v) is 4.97. The summed E-state index contributed by atoms with van der Waals surface area (Å²) in [6.45, 7) is 0.651. The zero-order valence-electron chi connectivity index (χ0n) is 25.0. The van der Waals surface area contributed by atoms with Gasteiger partial charge in [0.1, 0.15) is 26.4 Å². The van der Waals surface area contributed by atoms with Gasteiger partial charge < -0.3 is 18.9 Å². The van der Waals surface area contributed by atoms with Crippen molar-refractivity contribution in [1.29, 1.82) is 0 Å². The van der Waals surface area contributed by atoms with Crippen molar-refractivity contribution >= 4 is 55.7 Å². The molecule has 4 aromatic carbocycles. The largest absolute Gasteiger partial charge is 0.461 e. The highest BCUT2D eigenvalue weighted by Crippen LogP contribution is 2.36. The summed E-state index contributed by atoms with van der Waals surface area (Å²) in [6, 6.07) is 32.0. The molecule has 238 valence electrons. The molecular weight excluding hydrogens is 720 g/mol. The molecule has 0 aliphatic heterocycles. The van der Waals surface area contributed by atoms with Crippen LogP contribution in [0.4, 0.5) is 0 Å². The van der Waals surface area contributed by atoms with E-state index in [0.717, 1.165) is 8.95 Å². The smallest absolute Gasteiger partial charge is 0.324 e. The van der Waals surface area contributed by atoms with E-state index in [-0.39, 0.29) is 26.4 Å². The Morgan fingerprint density at radius 3 is 1.35 bits per heavy atom. The van der Waals surface area contributed by atoms with Crippen LogP contribution >= 0.6 is 31.9 Å². The van der Waals surface area contributed by atoms with Crippen molar-refractivity contribution in [2.45, 2.75) is 39.8 Å². The van der Waals surface area contributed by atoms with E-state index in [2.05, 4.69) is 31.9 Å². The Morgan fingerprint density at radius 1 is 0.543 bits per heavy atom. The molecule has 0 heterocycles. The predicted octanol–water partition coefficient (Wildman–Crippen LogP) is 7.50. The number of carbonyl (C=O) groups excluding carboxylic acids is 4. The summed E-state index contributed by atoms with van der Waals surface area (Å²) < 4.78 is 23.9. The van der Waals surface area contributed by atoms with E-state index < -0.39 is 41.6 Å². The molecule has 10 heteroatoms. The Bertz CT molecular complexity index is 1550. The highest BCUT2D eigenvalue weighted by molar-refractivity contribution is 9.10. The molecule has 0 saturated carbocycles. The zero-order chi connectivity index (χ0) is 32.9. The molecule has 4 rings (SSSR count). The van der Waals surface area contributed by atoms with Gasteiger partial charge in [-0.3, -0.25) is 19.2 Å². The lowest BCUT2D eigenvalue weighted by Gasteiger charge is -2.31. The first-order valence-electron chi connectivity index (χ1n) is 14.4. The topological polar surface area (TPSA) is 105 Å². The van der Waals surface area contributed by atoms with Crippen molar-refractivity contribution in [3.05, 3.63) is 140 Å². The maximum absolute atomic E-state index is 13.8. The Morgan fingerprint density at radius 2 is 0.913 bits per heavy atom. The Balaban J connectivity index is 1.61. The van der Waals surface area contributed by atoms with Gasteiger partial charge in [-0.15, -0.1) is 0 Å². The highest BCUT2D eigenvalue weighted by Gasteiger charge is 2.56. The average Bonchev–Trinajstić information content (AvgIpc) is 3.08. The predicted molar refractivity (Wildman–Crippen MR) is 177 cm³/mol. The molecule has 0 aromatic heterocycles. The highest BCUT2D eigenvalue weighted by atomic mass is 79.9. The fraction of sp³-hybridized carbons (Fsp3) is 0.222. The van der Waals surface area contributed by atoms with Crippen LogP contribution in [0.2, 0.25) is 0 Å². The van der Waals surface area contributed by atoms with Gasteiger partial charge in [0.2, 0.25) is 0 Å². The van der Waals surface area contributed by atoms with Crippen molar-refractivity contribution in [2.75, 3.05) is 0 Å². The molecule has 8 nitrogen and oxygen atoms in total. The van der Waals surface area contributed by atoms with Gasteiger partial charge in [-0.2, -0.15) is 0 Å². The third-order valence-corrected chi connectivity index (χ3v) is 8.29. The number of carbonyl (C=O) groups is 4. The van der Waals surface area contributed by atoms with Crippen LogP contribution in [0.15, 0.2) is 118 Å². The van der Waals surface area contributed by atoms with Gasteiger partial charge in [0.25, 0.3) is 0 Å². The second kappa shape index (κ2) is 16.9. The number of esters is 4. The van der Waals surface area contributed by atoms with Crippen LogP contribution in [-0.2, 0) is 64.6 Å². The molecule has 46 heavy (non-hydrogen) atoms. The SMILES string of the molecule is CC(C(=O)OCc1ccccc1)(C(=O)OCc1ccccc1)C(CC(=O)OCc1ccc(Br)cc1)C(=O)OCc1ccc(Br)cc1. The van der Waals surface area contributed by atoms with Crippen molar-refractivity contribution in [1.82, 2.24) is 0 Å². The Hall–Kier alpha value is -4.28. The normalized spacial score (nSPS) is 11.6. The molecule has 0 spiro atoms. The van der Waals surface area contributed by atoms with E-state index in [9.17, 15) is 19.2 Å². The molecule has 0 amide bonds. The molecule has 0 fully saturated rings. The molecule has 0 aliphatic carbocycles. The van der Waals surface area contributed by atoms with Crippen LogP contribution in [0.5, 0.6) is 0 Å². The van der Waals surface area contributed by atoms with Gasteiger partial charge in [0.05, 0.1) is 12.3 Å². The quantitative estimate of drug-likeness (QED) is 0.0742. The van der Waals surface area contributed by atoms with Crippen molar-refractivity contribution in [3.63, 3.8) is 0 Å². The molecule has 4 aromatic rings. The first-order chi connectivity index (χ1) is 22.1. The van der Waals surface area contributed by atoms with E-state index in [1.54, 1.807) is 97.1 Å². The maximum Gasteiger partial charge on any atom is 0.324 e. The lowest BCUT2D eigenvalue weighted by atomic mass is 9.75. The van der Waals surface area contributed by atoms with Crippen molar-refractivity contribution in [3.8, 4) is 0 Å². The van der Waals surface area contributed by atoms with Gasteiger partial charge in [-0.05, 0) is 53.4 Å². The number of hydrogen-bond acceptors (Lipinski definition) is 8. The van der Waals surface area contributed by atoms with Gasteiger partial charge >= 0.3 is 23.9 Å². The molecule has 0 N–H and O–H groups in total. The van der Waals surface area contributed by atoms with Gasteiger partial charge in [0.15, 0.2) is 5.41 Å². The van der Waals surface area contributed by atoms with Crippen molar-refractivity contribution < 1.29 is 38.1 Å². The Kier molecular flexibility index (Phi) is 12.7. The van der Waals surface area contributed by atoms with Gasteiger partial charge in [0, 0.05) is 8.95 Å². The molecule has 1 unspecified atom stereocenters. The number of benzene rings is 4. The summed E-state index contributed by atoms with van der Waals surface area (Å²) in [7, 11) is 0. The van der Waals surface area contributed by atoms with Crippen LogP contribution in [0.25, 0.3) is 0 Å². The third-order valence-electron chi connectivity index (χ3n) is 7.23. The summed E-state index contributed by atoms with van der Waals surface area (Å²) in [5.41, 5.74) is 0.432. The summed E-state index contributed by atoms with van der Waals surface area (Å²) in [5, 5.41) is 0. The minimum atomic E-state index is -2.27. The molecule has 0 saturated heterocycles. The van der Waals surface area contributed by atoms with E-state index in [1.165, 1.54) is 6.92 Å². The van der Waals surface area contributed by atoms with Gasteiger partial charge in [-0.25, -0.2) is 0 Å². The minimum absolute atomic E-state index is 0.0829. The van der Waals surface area contributed by atoms with Gasteiger partial charge in [-0.1, -0.05) is 117 Å². The van der Waals surface area contributed by atoms with E-state index in [0.29, 0.717) is 22.3 Å². The number of ether oxygens (including phenoxy) is 4. The first-order valence-corrected chi connectivity index (χ1v) is 16.0. The number of rotatable bonds is 14. The average molecular weight is 752 g/mol. The van der Waals surface area contributed by atoms with Crippen molar-refractivity contribution in [2.24, 2.45) is 11.3 Å². The van der Waals surface area contributed by atoms with E-state index >= 15 is 0 Å². The molecule has 0 aliphatic rings. The summed E-state index contributed by atoms with van der Waals surface area (Å²) >= 11 is 6.73. The third kappa shape index (κ3) is 9.86. The maximum atomic E-state index is 13.8. The van der Waals surface area contributed by atoms with E-state index in [4.69, 9.17) is 18.9 Å². The monoisotopic (exact) mass is 750 g/mol. The first kappa shape index (κ1) is 34.6. The summed E-state index contributed by atoms with van der Waals surface area (Å²) in [6.07, 6.45) is -0.646. The van der Waals surface area contributed by atoms with Crippen LogP contribution in [0, 0.1) is 11.3 Å². The molecular formula is C36H32Br2O8. The molecule has 0 bridgehead atoms. The number of hydrogen-bond donors (Lipinski definition) is 0. The van der Waals surface area contributed by atoms with Crippen LogP contribution < -0.4 is 0 Å². The summed E-state index contributed by atoms with van der Waals surface area (Å²) in [5.74, 6) is -5.49.